The molecule has 3 unspecified atom stereocenters. The maximum Gasteiger partial charge on any atom is 0.472 e. The van der Waals surface area contributed by atoms with E-state index in [0.29, 0.717) is 17.4 Å². The van der Waals surface area contributed by atoms with Gasteiger partial charge < -0.3 is 19.2 Å². The molecular formula is C30H63NO7P+. The number of phosphoric acid groups is 1. The molecule has 0 rings (SSSR count). The van der Waals surface area contributed by atoms with Crippen LogP contribution in [-0.2, 0) is 23.1 Å². The van der Waals surface area contributed by atoms with E-state index in [4.69, 9.17) is 13.8 Å². The first-order valence-electron chi connectivity index (χ1n) is 15.6. The molecule has 234 valence electrons. The summed E-state index contributed by atoms with van der Waals surface area (Å²) < 4.78 is 28.5. The largest absolute Gasteiger partial charge is 0.472 e. The summed E-state index contributed by atoms with van der Waals surface area (Å²) in [5.74, 6) is -0.132. The summed E-state index contributed by atoms with van der Waals surface area (Å²) in [6.07, 6.45) is 18.2. The second-order valence-corrected chi connectivity index (χ2v) is 13.6. The number of ether oxygens (including phenoxy) is 1. The first-order chi connectivity index (χ1) is 18.4. The van der Waals surface area contributed by atoms with Crippen LogP contribution in [0.25, 0.3) is 0 Å². The third-order valence-corrected chi connectivity index (χ3v) is 8.19. The van der Waals surface area contributed by atoms with Gasteiger partial charge in [-0.05, 0) is 19.8 Å². The Balaban J connectivity index is 4.20. The van der Waals surface area contributed by atoms with Crippen LogP contribution in [0.15, 0.2) is 0 Å². The summed E-state index contributed by atoms with van der Waals surface area (Å²) in [6, 6.07) is 0. The van der Waals surface area contributed by atoms with Gasteiger partial charge in [0, 0.05) is 5.92 Å². The Morgan fingerprint density at radius 2 is 1.28 bits per heavy atom. The van der Waals surface area contributed by atoms with Crippen LogP contribution >= 0.6 is 7.82 Å². The van der Waals surface area contributed by atoms with Crippen LogP contribution in [-0.4, -0.2) is 80.0 Å². The number of unbranched alkanes of at least 4 members (excludes halogenated alkanes) is 13. The van der Waals surface area contributed by atoms with Gasteiger partial charge in [0.15, 0.2) is 0 Å². The van der Waals surface area contributed by atoms with Gasteiger partial charge in [-0.3, -0.25) is 13.8 Å². The molecule has 8 nitrogen and oxygen atoms in total. The third-order valence-electron chi connectivity index (χ3n) is 7.20. The number of hydrogen-bond acceptors (Lipinski definition) is 6. The van der Waals surface area contributed by atoms with Gasteiger partial charge in [-0.2, -0.15) is 0 Å². The summed E-state index contributed by atoms with van der Waals surface area (Å²) in [7, 11) is 1.61. The Bertz CT molecular complexity index is 641. The summed E-state index contributed by atoms with van der Waals surface area (Å²) in [5.41, 5.74) is 0. The summed E-state index contributed by atoms with van der Waals surface area (Å²) >= 11 is 0. The molecule has 0 aromatic carbocycles. The number of hydrogen-bond donors (Lipinski definition) is 2. The van der Waals surface area contributed by atoms with Crippen LogP contribution in [0.2, 0.25) is 0 Å². The van der Waals surface area contributed by atoms with Crippen LogP contribution < -0.4 is 0 Å². The van der Waals surface area contributed by atoms with Crippen LogP contribution in [0.3, 0.4) is 0 Å². The number of aliphatic hydroxyl groups is 1. The Hall–Kier alpha value is -0.340. The summed E-state index contributed by atoms with van der Waals surface area (Å²) in [5, 5.41) is 10.3. The van der Waals surface area contributed by atoms with Crippen molar-refractivity contribution in [2.24, 2.45) is 5.92 Å². The number of nitrogens with zero attached hydrogens (tertiary/aromatic N) is 1. The molecule has 0 saturated heterocycles. The van der Waals surface area contributed by atoms with Crippen molar-refractivity contribution in [2.45, 2.75) is 136 Å². The number of ketones is 1. The Morgan fingerprint density at radius 3 is 1.72 bits per heavy atom. The first kappa shape index (κ1) is 38.7. The lowest BCUT2D eigenvalue weighted by molar-refractivity contribution is -0.870. The molecule has 0 fully saturated rings. The van der Waals surface area contributed by atoms with Crippen molar-refractivity contribution in [3.05, 3.63) is 0 Å². The molecule has 0 aliphatic rings. The van der Waals surface area contributed by atoms with Gasteiger partial charge in [0.1, 0.15) is 25.0 Å². The van der Waals surface area contributed by atoms with Gasteiger partial charge >= 0.3 is 7.82 Å². The molecule has 0 spiro atoms. The zero-order chi connectivity index (χ0) is 29.6. The SMILES string of the molecule is CCCCCCCCCCCCCCCCC(OCC(O)COP(=O)(O)OCC[N+](C)(C)C)[C@H](CC)C(C)=O. The van der Waals surface area contributed by atoms with Crippen molar-refractivity contribution in [1.82, 2.24) is 0 Å². The molecule has 4 atom stereocenters. The number of phosphoric ester groups is 1. The minimum Gasteiger partial charge on any atom is -0.388 e. The van der Waals surface area contributed by atoms with E-state index >= 15 is 0 Å². The molecule has 2 N–H and O–H groups in total. The molecule has 0 bridgehead atoms. The number of likely N-dealkylation sites (N-methyl/N-ethyl adjacent to an activating group) is 1. The minimum absolute atomic E-state index is 0.0636. The Kier molecular flexibility index (Phi) is 23.0. The zero-order valence-corrected chi connectivity index (χ0v) is 27.1. The predicted octanol–water partition coefficient (Wildman–Crippen LogP) is 7.06. The highest BCUT2D eigenvalue weighted by Gasteiger charge is 2.27. The van der Waals surface area contributed by atoms with E-state index in [9.17, 15) is 19.4 Å². The van der Waals surface area contributed by atoms with E-state index in [0.717, 1.165) is 19.3 Å². The standard InChI is InChI=1S/C30H62NO7P/c1-7-9-10-11-12-13-14-15-16-17-18-19-20-21-22-30(29(8-2)27(3)32)36-25-28(33)26-38-39(34,35)37-24-23-31(4,5)6/h28-30,33H,7-26H2,1-6H3/p+1/t28?,29-,30?/m1/s1. The van der Waals surface area contributed by atoms with Crippen LogP contribution in [0.5, 0.6) is 0 Å². The lowest BCUT2D eigenvalue weighted by Gasteiger charge is -2.26. The normalized spacial score (nSPS) is 16.1. The molecule has 0 radical (unpaired) electrons. The maximum absolute atomic E-state index is 12.2. The highest BCUT2D eigenvalue weighted by Crippen LogP contribution is 2.43. The van der Waals surface area contributed by atoms with E-state index < -0.39 is 13.9 Å². The Morgan fingerprint density at radius 1 is 0.795 bits per heavy atom. The predicted molar refractivity (Wildman–Crippen MR) is 160 cm³/mol. The second-order valence-electron chi connectivity index (χ2n) is 12.1. The highest BCUT2D eigenvalue weighted by molar-refractivity contribution is 7.47. The number of quaternary nitrogens is 1. The van der Waals surface area contributed by atoms with Gasteiger partial charge in [-0.25, -0.2) is 4.57 Å². The molecule has 39 heavy (non-hydrogen) atoms. The lowest BCUT2D eigenvalue weighted by Crippen LogP contribution is -2.37. The number of rotatable bonds is 28. The molecule has 9 heteroatoms. The molecule has 0 aromatic heterocycles. The highest BCUT2D eigenvalue weighted by atomic mass is 31.2. The monoisotopic (exact) mass is 580 g/mol. The minimum atomic E-state index is -4.25. The van der Waals surface area contributed by atoms with E-state index in [1.807, 2.05) is 28.1 Å². The maximum atomic E-state index is 12.2. The van der Waals surface area contributed by atoms with Crippen molar-refractivity contribution in [3.63, 3.8) is 0 Å². The second kappa shape index (κ2) is 23.2. The third kappa shape index (κ3) is 24.0. The first-order valence-corrected chi connectivity index (χ1v) is 17.1. The number of carbonyl (C=O) groups excluding carboxylic acids is 1. The smallest absolute Gasteiger partial charge is 0.388 e. The molecule has 0 heterocycles. The van der Waals surface area contributed by atoms with Gasteiger partial charge in [0.2, 0.25) is 0 Å². The van der Waals surface area contributed by atoms with Crippen LogP contribution in [0, 0.1) is 5.92 Å². The van der Waals surface area contributed by atoms with Gasteiger partial charge in [0.05, 0.1) is 40.5 Å². The molecule has 0 aliphatic heterocycles. The van der Waals surface area contributed by atoms with Crippen LogP contribution in [0.4, 0.5) is 0 Å². The molecule has 0 aromatic rings. The van der Waals surface area contributed by atoms with E-state index in [1.54, 1.807) is 6.92 Å². The lowest BCUT2D eigenvalue weighted by atomic mass is 9.91. The fraction of sp³-hybridized carbons (Fsp3) is 0.967. The van der Waals surface area contributed by atoms with Crippen molar-refractivity contribution < 1.29 is 37.6 Å². The number of carbonyl (C=O) groups is 1. The van der Waals surface area contributed by atoms with Crippen molar-refractivity contribution >= 4 is 13.6 Å². The average Bonchev–Trinajstić information content (AvgIpc) is 2.85. The Labute approximate surface area is 240 Å². The number of aliphatic hydroxyl groups excluding tert-OH is 1. The average molecular weight is 581 g/mol. The molecular weight excluding hydrogens is 517 g/mol. The van der Waals surface area contributed by atoms with Gasteiger partial charge in [-0.1, -0.05) is 104 Å². The van der Waals surface area contributed by atoms with Crippen molar-refractivity contribution in [2.75, 3.05) is 47.5 Å². The van der Waals surface area contributed by atoms with E-state index in [1.165, 1.54) is 77.0 Å². The van der Waals surface area contributed by atoms with Crippen molar-refractivity contribution in [3.8, 4) is 0 Å². The quantitative estimate of drug-likeness (QED) is 0.0580. The molecule has 0 saturated carbocycles. The fourth-order valence-corrected chi connectivity index (χ4v) is 5.43. The van der Waals surface area contributed by atoms with Crippen LogP contribution in [0.1, 0.15) is 124 Å². The van der Waals surface area contributed by atoms with E-state index in [-0.39, 0.29) is 37.6 Å². The van der Waals surface area contributed by atoms with Crippen molar-refractivity contribution in [1.29, 1.82) is 0 Å². The van der Waals surface area contributed by atoms with E-state index in [2.05, 4.69) is 6.92 Å². The fourth-order valence-electron chi connectivity index (χ4n) is 4.68. The zero-order valence-electron chi connectivity index (χ0n) is 26.2. The van der Waals surface area contributed by atoms with Gasteiger partial charge in [0.25, 0.3) is 0 Å². The summed E-state index contributed by atoms with van der Waals surface area (Å²) in [6.45, 7) is 6.00. The topological polar surface area (TPSA) is 102 Å². The van der Waals surface area contributed by atoms with Gasteiger partial charge in [-0.15, -0.1) is 0 Å². The molecule has 0 amide bonds. The number of Topliss-reactive ketones (excluding diaryl/α,β-unsaturated/α-hetero) is 1. The molecule has 0 aliphatic carbocycles. The summed E-state index contributed by atoms with van der Waals surface area (Å²) in [4.78, 5) is 22.0.